The first kappa shape index (κ1) is 12.7. The fourth-order valence-corrected chi connectivity index (χ4v) is 2.51. The smallest absolute Gasteiger partial charge is 0.234 e. The van der Waals surface area contributed by atoms with Gasteiger partial charge in [-0.15, -0.1) is 11.3 Å². The Labute approximate surface area is 102 Å². The number of halogens is 1. The minimum Gasteiger partial charge on any atom is -0.329 e. The summed E-state index contributed by atoms with van der Waals surface area (Å²) < 4.78 is 0.993. The molecule has 1 aromatic rings. The van der Waals surface area contributed by atoms with Crippen molar-refractivity contribution in [3.63, 3.8) is 0 Å². The summed E-state index contributed by atoms with van der Waals surface area (Å²) in [6, 6.07) is 1.93. The quantitative estimate of drug-likeness (QED) is 0.930. The van der Waals surface area contributed by atoms with Gasteiger partial charge in [0.2, 0.25) is 5.91 Å². The van der Waals surface area contributed by atoms with Crippen molar-refractivity contribution in [2.45, 2.75) is 13.8 Å². The van der Waals surface area contributed by atoms with Gasteiger partial charge in [-0.3, -0.25) is 4.79 Å². The zero-order valence-electron chi connectivity index (χ0n) is 9.08. The highest BCUT2D eigenvalue weighted by Gasteiger charge is 2.29. The summed E-state index contributed by atoms with van der Waals surface area (Å²) >= 11 is 4.89. The first-order chi connectivity index (χ1) is 6.88. The van der Waals surface area contributed by atoms with Crippen molar-refractivity contribution in [3.8, 4) is 0 Å². The van der Waals surface area contributed by atoms with Crippen LogP contribution in [0.5, 0.6) is 0 Å². The van der Waals surface area contributed by atoms with Gasteiger partial charge >= 0.3 is 0 Å². The summed E-state index contributed by atoms with van der Waals surface area (Å²) in [5.74, 6) is 0.0411. The van der Waals surface area contributed by atoms with Crippen LogP contribution in [-0.2, 0) is 4.79 Å². The van der Waals surface area contributed by atoms with Crippen LogP contribution in [0.4, 0.5) is 5.00 Å². The Morgan fingerprint density at radius 2 is 2.27 bits per heavy atom. The molecule has 0 fully saturated rings. The van der Waals surface area contributed by atoms with Gasteiger partial charge < -0.3 is 10.6 Å². The number of nitrogens with zero attached hydrogens (tertiary/aromatic N) is 1. The zero-order valence-corrected chi connectivity index (χ0v) is 11.5. The van der Waals surface area contributed by atoms with Crippen LogP contribution < -0.4 is 10.6 Å². The third-order valence-electron chi connectivity index (χ3n) is 2.28. The molecule has 0 aromatic carbocycles. The summed E-state index contributed by atoms with van der Waals surface area (Å²) in [5, 5.41) is 2.88. The van der Waals surface area contributed by atoms with Crippen LogP contribution >= 0.6 is 27.3 Å². The van der Waals surface area contributed by atoms with E-state index in [1.807, 2.05) is 25.3 Å². The first-order valence-electron chi connectivity index (χ1n) is 4.61. The lowest BCUT2D eigenvalue weighted by atomic mass is 9.92. The molecule has 0 atom stereocenters. The molecule has 1 rings (SSSR count). The number of amides is 1. The third kappa shape index (κ3) is 2.80. The fourth-order valence-electron chi connectivity index (χ4n) is 1.12. The van der Waals surface area contributed by atoms with Crippen LogP contribution in [-0.4, -0.2) is 19.5 Å². The maximum Gasteiger partial charge on any atom is 0.234 e. The van der Waals surface area contributed by atoms with E-state index in [4.69, 9.17) is 5.73 Å². The van der Waals surface area contributed by atoms with E-state index in [0.29, 0.717) is 6.54 Å². The summed E-state index contributed by atoms with van der Waals surface area (Å²) in [7, 11) is 1.78. The average molecular weight is 291 g/mol. The van der Waals surface area contributed by atoms with Crippen molar-refractivity contribution in [1.82, 2.24) is 0 Å². The number of carbonyl (C=O) groups is 1. The van der Waals surface area contributed by atoms with E-state index in [0.717, 1.165) is 9.47 Å². The van der Waals surface area contributed by atoms with Crippen LogP contribution in [0.3, 0.4) is 0 Å². The van der Waals surface area contributed by atoms with E-state index in [2.05, 4.69) is 15.9 Å². The molecule has 84 valence electrons. The van der Waals surface area contributed by atoms with Crippen molar-refractivity contribution in [1.29, 1.82) is 0 Å². The predicted molar refractivity (Wildman–Crippen MR) is 68.3 cm³/mol. The first-order valence-corrected chi connectivity index (χ1v) is 6.28. The highest BCUT2D eigenvalue weighted by Crippen LogP contribution is 2.30. The molecular formula is C10H15BrN2OS. The largest absolute Gasteiger partial charge is 0.329 e. The Bertz CT molecular complexity index is 362. The second-order valence-corrected chi connectivity index (χ2v) is 5.86. The van der Waals surface area contributed by atoms with E-state index < -0.39 is 5.41 Å². The van der Waals surface area contributed by atoms with E-state index in [9.17, 15) is 4.79 Å². The van der Waals surface area contributed by atoms with Crippen molar-refractivity contribution < 1.29 is 4.79 Å². The van der Waals surface area contributed by atoms with E-state index in [-0.39, 0.29) is 5.91 Å². The molecule has 15 heavy (non-hydrogen) atoms. The molecule has 1 aromatic heterocycles. The molecular weight excluding hydrogens is 276 g/mol. The van der Waals surface area contributed by atoms with Crippen LogP contribution in [0.25, 0.3) is 0 Å². The SMILES string of the molecule is CN(C(=O)C(C)(C)CN)c1cc(Br)cs1. The Kier molecular flexibility index (Phi) is 3.92. The molecule has 0 saturated carbocycles. The molecule has 0 saturated heterocycles. The van der Waals surface area contributed by atoms with Gasteiger partial charge in [0.1, 0.15) is 0 Å². The topological polar surface area (TPSA) is 46.3 Å². The molecule has 0 unspecified atom stereocenters. The Morgan fingerprint density at radius 3 is 2.67 bits per heavy atom. The highest BCUT2D eigenvalue weighted by atomic mass is 79.9. The Hall–Kier alpha value is -0.390. The van der Waals surface area contributed by atoms with Crippen LogP contribution in [0, 0.1) is 5.41 Å². The van der Waals surface area contributed by atoms with Gasteiger partial charge in [0, 0.05) is 23.4 Å². The zero-order chi connectivity index (χ0) is 11.6. The number of hydrogen-bond acceptors (Lipinski definition) is 3. The standard InChI is InChI=1S/C10H15BrN2OS/c1-10(2,6-12)9(14)13(3)8-4-7(11)5-15-8/h4-5H,6,12H2,1-3H3. The predicted octanol–water partition coefficient (Wildman–Crippen LogP) is 2.46. The lowest BCUT2D eigenvalue weighted by molar-refractivity contribution is -0.125. The summed E-state index contributed by atoms with van der Waals surface area (Å²) in [5.41, 5.74) is 5.07. The number of anilines is 1. The van der Waals surface area contributed by atoms with Gasteiger partial charge in [-0.05, 0) is 35.8 Å². The number of nitrogens with two attached hydrogens (primary N) is 1. The Balaban J connectivity index is 2.86. The van der Waals surface area contributed by atoms with Crippen molar-refractivity contribution >= 4 is 38.2 Å². The molecule has 0 aliphatic carbocycles. The van der Waals surface area contributed by atoms with Gasteiger partial charge in [0.25, 0.3) is 0 Å². The summed E-state index contributed by atoms with van der Waals surface area (Å²) in [6.45, 7) is 4.06. The van der Waals surface area contributed by atoms with Crippen molar-refractivity contribution in [2.24, 2.45) is 11.1 Å². The maximum atomic E-state index is 12.0. The number of carbonyl (C=O) groups excluding carboxylic acids is 1. The van der Waals surface area contributed by atoms with E-state index in [1.54, 1.807) is 11.9 Å². The summed E-state index contributed by atoms with van der Waals surface area (Å²) in [4.78, 5) is 13.7. The van der Waals surface area contributed by atoms with Crippen molar-refractivity contribution in [3.05, 3.63) is 15.9 Å². The Morgan fingerprint density at radius 1 is 1.67 bits per heavy atom. The van der Waals surface area contributed by atoms with Crippen LogP contribution in [0.15, 0.2) is 15.9 Å². The second-order valence-electron chi connectivity index (χ2n) is 4.06. The molecule has 3 nitrogen and oxygen atoms in total. The third-order valence-corrected chi connectivity index (χ3v) is 4.04. The molecule has 5 heteroatoms. The molecule has 0 aliphatic rings. The van der Waals surface area contributed by atoms with Crippen LogP contribution in [0.1, 0.15) is 13.8 Å². The van der Waals surface area contributed by atoms with Gasteiger partial charge in [-0.1, -0.05) is 0 Å². The highest BCUT2D eigenvalue weighted by molar-refractivity contribution is 9.10. The van der Waals surface area contributed by atoms with E-state index >= 15 is 0 Å². The number of rotatable bonds is 3. The van der Waals surface area contributed by atoms with Gasteiger partial charge in [-0.25, -0.2) is 0 Å². The normalized spacial score (nSPS) is 11.5. The fraction of sp³-hybridized carbons (Fsp3) is 0.500. The van der Waals surface area contributed by atoms with Gasteiger partial charge in [0.15, 0.2) is 0 Å². The maximum absolute atomic E-state index is 12.0. The minimum atomic E-state index is -0.509. The van der Waals surface area contributed by atoms with Crippen molar-refractivity contribution in [2.75, 3.05) is 18.5 Å². The molecule has 0 aliphatic heterocycles. The second kappa shape index (κ2) is 4.63. The van der Waals surface area contributed by atoms with E-state index in [1.165, 1.54) is 11.3 Å². The molecule has 1 heterocycles. The lowest BCUT2D eigenvalue weighted by Gasteiger charge is -2.27. The monoisotopic (exact) mass is 290 g/mol. The van der Waals surface area contributed by atoms with Gasteiger partial charge in [-0.2, -0.15) is 0 Å². The molecule has 1 amide bonds. The van der Waals surface area contributed by atoms with Crippen LogP contribution in [0.2, 0.25) is 0 Å². The minimum absolute atomic E-state index is 0.0411. The molecule has 0 radical (unpaired) electrons. The number of hydrogen-bond donors (Lipinski definition) is 1. The lowest BCUT2D eigenvalue weighted by Crippen LogP contribution is -2.42. The van der Waals surface area contributed by atoms with Gasteiger partial charge in [0.05, 0.1) is 10.4 Å². The average Bonchev–Trinajstić information content (AvgIpc) is 2.62. The summed E-state index contributed by atoms with van der Waals surface area (Å²) in [6.07, 6.45) is 0. The molecule has 0 bridgehead atoms. The molecule has 0 spiro atoms. The number of thiophene rings is 1. The molecule has 2 N–H and O–H groups in total.